The highest BCUT2D eigenvalue weighted by molar-refractivity contribution is 6.31. The van der Waals surface area contributed by atoms with E-state index < -0.39 is 17.6 Å². The fourth-order valence-electron chi connectivity index (χ4n) is 5.43. The molecule has 0 aromatic heterocycles. The van der Waals surface area contributed by atoms with Crippen molar-refractivity contribution in [1.82, 2.24) is 5.32 Å². The normalized spacial score (nSPS) is 20.2. The van der Waals surface area contributed by atoms with Crippen LogP contribution in [0, 0.1) is 5.53 Å². The maximum absolute atomic E-state index is 13.9. The van der Waals surface area contributed by atoms with Crippen molar-refractivity contribution in [3.63, 3.8) is 0 Å². The Bertz CT molecular complexity index is 1330. The van der Waals surface area contributed by atoms with Crippen LogP contribution in [0.25, 0.3) is 0 Å². The van der Waals surface area contributed by atoms with Crippen LogP contribution >= 0.6 is 11.6 Å². The topological polar surface area (TPSA) is 133 Å². The van der Waals surface area contributed by atoms with Crippen LogP contribution in [0.15, 0.2) is 82.0 Å². The number of rotatable bonds is 8. The summed E-state index contributed by atoms with van der Waals surface area (Å²) >= 11 is 6.23. The molecule has 0 heterocycles. The molecule has 2 atom stereocenters. The number of nitrogens with zero attached hydrogens (tertiary/aromatic N) is 3. The highest BCUT2D eigenvalue weighted by atomic mass is 35.5. The minimum atomic E-state index is -0.738. The Morgan fingerprint density at radius 1 is 1.15 bits per heavy atom. The van der Waals surface area contributed by atoms with Crippen LogP contribution in [0.5, 0.6) is 0 Å². The summed E-state index contributed by atoms with van der Waals surface area (Å²) in [6, 6.07) is 15.1. The molecule has 9 nitrogen and oxygen atoms in total. The van der Waals surface area contributed by atoms with Gasteiger partial charge in [-0.2, -0.15) is 0 Å². The van der Waals surface area contributed by atoms with Gasteiger partial charge in [0.25, 0.3) is 17.8 Å². The first-order chi connectivity index (χ1) is 19.7. The number of amides is 2. The molecule has 2 unspecified atom stereocenters. The third-order valence-electron chi connectivity index (χ3n) is 7.59. The highest BCUT2D eigenvalue weighted by Crippen LogP contribution is 2.34. The molecule has 0 bridgehead atoms. The van der Waals surface area contributed by atoms with E-state index in [9.17, 15) is 9.59 Å². The third-order valence-corrected chi connectivity index (χ3v) is 7.83. The predicted octanol–water partition coefficient (Wildman–Crippen LogP) is 6.50. The standard InChI is InChI=1S/C31H37ClN6O3/c1-21(41-31(2)18-6-9-26(32)19-31)29(40)38(27-16-14-24(15-17-27)23-7-4-3-5-8-23)20-22-10-12-25(13-11-22)28(39)35-30(36-33)37-34/h6,9-17,19,21,23,33H,3-5,7-8,18,20,34H2,1-2H3,(H,35,37,39). The predicted molar refractivity (Wildman–Crippen MR) is 161 cm³/mol. The minimum Gasteiger partial charge on any atom is -0.358 e. The number of nitrogens with one attached hydrogen (secondary N) is 2. The van der Waals surface area contributed by atoms with Crippen molar-refractivity contribution in [1.29, 1.82) is 5.53 Å². The zero-order chi connectivity index (χ0) is 29.4. The number of guanidine groups is 1. The molecule has 41 heavy (non-hydrogen) atoms. The van der Waals surface area contributed by atoms with Crippen LogP contribution in [0.2, 0.25) is 0 Å². The number of hydrogen-bond acceptors (Lipinski definition) is 6. The van der Waals surface area contributed by atoms with Crippen molar-refractivity contribution in [3.8, 4) is 0 Å². The second-order valence-electron chi connectivity index (χ2n) is 10.8. The third kappa shape index (κ3) is 7.89. The molecule has 1 fully saturated rings. The van der Waals surface area contributed by atoms with Gasteiger partial charge >= 0.3 is 0 Å². The summed E-state index contributed by atoms with van der Waals surface area (Å²) in [4.78, 5) is 28.1. The summed E-state index contributed by atoms with van der Waals surface area (Å²) in [6.07, 6.45) is 11.7. The van der Waals surface area contributed by atoms with Crippen LogP contribution in [0.4, 0.5) is 5.69 Å². The van der Waals surface area contributed by atoms with Crippen LogP contribution in [0.1, 0.15) is 79.8 Å². The molecule has 216 valence electrons. The summed E-state index contributed by atoms with van der Waals surface area (Å²) in [6.45, 7) is 3.96. The van der Waals surface area contributed by atoms with Gasteiger partial charge in [0.2, 0.25) is 0 Å². The number of halogens is 1. The number of anilines is 1. The lowest BCUT2D eigenvalue weighted by atomic mass is 9.84. The Hall–Kier alpha value is -3.82. The molecule has 0 radical (unpaired) electrons. The van der Waals surface area contributed by atoms with E-state index in [0.717, 1.165) is 11.3 Å². The van der Waals surface area contributed by atoms with E-state index in [-0.39, 0.29) is 18.4 Å². The van der Waals surface area contributed by atoms with E-state index in [4.69, 9.17) is 27.7 Å². The second kappa shape index (κ2) is 13.7. The Labute approximate surface area is 246 Å². The van der Waals surface area contributed by atoms with Crippen molar-refractivity contribution in [2.45, 2.75) is 76.5 Å². The van der Waals surface area contributed by atoms with E-state index in [1.54, 1.807) is 36.1 Å². The van der Waals surface area contributed by atoms with Gasteiger partial charge in [0.05, 0.1) is 12.1 Å². The lowest BCUT2D eigenvalue weighted by molar-refractivity contribution is -0.136. The molecule has 1 saturated carbocycles. The molecule has 4 N–H and O–H groups in total. The molecule has 10 heteroatoms. The second-order valence-corrected chi connectivity index (χ2v) is 11.2. The van der Waals surface area contributed by atoms with E-state index in [1.807, 2.05) is 37.3 Å². The minimum absolute atomic E-state index is 0.182. The number of carbonyl (C=O) groups excluding carboxylic acids is 2. The maximum atomic E-state index is 13.9. The highest BCUT2D eigenvalue weighted by Gasteiger charge is 2.32. The summed E-state index contributed by atoms with van der Waals surface area (Å²) in [5.41, 5.74) is 9.55. The molecular formula is C31H37ClN6O3. The summed E-state index contributed by atoms with van der Waals surface area (Å²) < 4.78 is 6.28. The van der Waals surface area contributed by atoms with Gasteiger partial charge in [0, 0.05) is 16.3 Å². The summed E-state index contributed by atoms with van der Waals surface area (Å²) in [7, 11) is 0. The van der Waals surface area contributed by atoms with Gasteiger partial charge in [-0.05, 0) is 86.6 Å². The van der Waals surface area contributed by atoms with Crippen molar-refractivity contribution < 1.29 is 14.3 Å². The zero-order valence-electron chi connectivity index (χ0n) is 23.5. The number of nitrogens with two attached hydrogens (primary N) is 1. The average molecular weight is 577 g/mol. The number of benzene rings is 2. The Morgan fingerprint density at radius 3 is 2.44 bits per heavy atom. The molecule has 2 aromatic carbocycles. The van der Waals surface area contributed by atoms with Crippen LogP contribution in [-0.2, 0) is 16.1 Å². The van der Waals surface area contributed by atoms with Gasteiger partial charge in [-0.15, -0.1) is 10.2 Å². The molecule has 4 rings (SSSR count). The Balaban J connectivity index is 1.56. The molecule has 2 aliphatic carbocycles. The van der Waals surface area contributed by atoms with Crippen LogP contribution < -0.4 is 16.1 Å². The molecule has 2 aromatic rings. The zero-order valence-corrected chi connectivity index (χ0v) is 24.2. The van der Waals surface area contributed by atoms with E-state index in [0.29, 0.717) is 22.9 Å². The van der Waals surface area contributed by atoms with Crippen LogP contribution in [-0.4, -0.2) is 29.5 Å². The van der Waals surface area contributed by atoms with Crippen molar-refractivity contribution in [2.24, 2.45) is 16.1 Å². The summed E-state index contributed by atoms with van der Waals surface area (Å²) in [5.74, 6) is 4.71. The molecule has 0 saturated heterocycles. The lowest BCUT2D eigenvalue weighted by Gasteiger charge is -2.33. The first-order valence-electron chi connectivity index (χ1n) is 13.9. The van der Waals surface area contributed by atoms with Crippen molar-refractivity contribution in [2.75, 3.05) is 4.90 Å². The Kier molecular flexibility index (Phi) is 10.1. The maximum Gasteiger partial charge on any atom is 0.265 e. The number of hydrogen-bond donors (Lipinski definition) is 3. The van der Waals surface area contributed by atoms with Crippen molar-refractivity contribution >= 4 is 35.1 Å². The SMILES string of the molecule is CC(OC1(C)C=C(Cl)C=CC1)C(=O)N(Cc1ccc(C(=O)N/C(N=N)=N/N)cc1)c1ccc(C2CCCCC2)cc1. The molecule has 2 aliphatic rings. The number of hydrazone groups is 1. The molecule has 0 spiro atoms. The largest absolute Gasteiger partial charge is 0.358 e. The van der Waals surface area contributed by atoms with Gasteiger partial charge in [-0.3, -0.25) is 14.9 Å². The van der Waals surface area contributed by atoms with Crippen molar-refractivity contribution in [3.05, 3.63) is 88.5 Å². The quantitative estimate of drug-likeness (QED) is 0.109. The van der Waals surface area contributed by atoms with Crippen LogP contribution in [0.3, 0.4) is 0 Å². The lowest BCUT2D eigenvalue weighted by Crippen LogP contribution is -2.43. The van der Waals surface area contributed by atoms with Gasteiger partial charge in [0.15, 0.2) is 0 Å². The monoisotopic (exact) mass is 576 g/mol. The smallest absolute Gasteiger partial charge is 0.265 e. The van der Waals surface area contributed by atoms with Gasteiger partial charge in [0.1, 0.15) is 6.10 Å². The molecular weight excluding hydrogens is 540 g/mol. The number of ether oxygens (including phenoxy) is 1. The van der Waals surface area contributed by atoms with Gasteiger partial charge < -0.3 is 15.5 Å². The first kappa shape index (κ1) is 30.1. The Morgan fingerprint density at radius 2 is 1.83 bits per heavy atom. The van der Waals surface area contributed by atoms with Gasteiger partial charge in [-0.1, -0.05) is 61.2 Å². The first-order valence-corrected chi connectivity index (χ1v) is 14.3. The van der Waals surface area contributed by atoms with E-state index in [2.05, 4.69) is 27.7 Å². The number of carbonyl (C=O) groups is 2. The fraction of sp³-hybridized carbons (Fsp3) is 0.387. The van der Waals surface area contributed by atoms with E-state index >= 15 is 0 Å². The molecule has 2 amide bonds. The van der Waals surface area contributed by atoms with Gasteiger partial charge in [-0.25, -0.2) is 5.53 Å². The average Bonchev–Trinajstić information content (AvgIpc) is 2.98. The molecule has 0 aliphatic heterocycles. The van der Waals surface area contributed by atoms with E-state index in [1.165, 1.54) is 37.7 Å². The summed E-state index contributed by atoms with van der Waals surface area (Å²) in [5, 5.41) is 9.25. The number of allylic oxidation sites excluding steroid dienone is 2. The fourth-order valence-corrected chi connectivity index (χ4v) is 5.75.